The molecular weight excluding hydrogens is 571 g/mol. The Kier molecular flexibility index (Phi) is 13.7. The number of hydrogen-bond acceptors (Lipinski definition) is 5. The van der Waals surface area contributed by atoms with Crippen molar-refractivity contribution < 1.29 is 23.4 Å². The second-order valence-electron chi connectivity index (χ2n) is 9.43. The molecule has 35 heavy (non-hydrogen) atoms. The van der Waals surface area contributed by atoms with Crippen LogP contribution in [0.2, 0.25) is 5.04 Å². The number of halogens is 1. The highest BCUT2D eigenvalue weighted by atomic mass is 127. The van der Waals surface area contributed by atoms with Crippen LogP contribution in [0.1, 0.15) is 33.6 Å². The molecule has 0 aliphatic rings. The molecule has 0 saturated heterocycles. The number of benzene rings is 2. The summed E-state index contributed by atoms with van der Waals surface area (Å²) in [6.07, 6.45) is 5.45. The van der Waals surface area contributed by atoms with Gasteiger partial charge < -0.3 is 23.4 Å². The third-order valence-corrected chi connectivity index (χ3v) is 11.5. The first kappa shape index (κ1) is 30.2. The Hall–Kier alpha value is -1.07. The van der Waals surface area contributed by atoms with Crippen molar-refractivity contribution in [3.05, 3.63) is 72.8 Å². The standard InChI is InChI=1S/C28H41IO5Si/c1-28(2,3)35(26-14-8-6-9-15-26,27-16-10-7-11-17-27)34-20-18-25(33-23-31-5)21-24(13-12-19-29)32-22-30-4/h6-17,24-25H,18-23H2,1-5H3/b13-12-/t24-,25-/m0/s1. The summed E-state index contributed by atoms with van der Waals surface area (Å²) in [5.74, 6) is 0. The molecule has 2 rings (SSSR count). The van der Waals surface area contributed by atoms with Crippen LogP contribution in [0.5, 0.6) is 0 Å². The highest BCUT2D eigenvalue weighted by molar-refractivity contribution is 14.1. The quantitative estimate of drug-likeness (QED) is 0.0846. The van der Waals surface area contributed by atoms with Gasteiger partial charge in [0.15, 0.2) is 0 Å². The fourth-order valence-electron chi connectivity index (χ4n) is 4.36. The predicted octanol–water partition coefficient (Wildman–Crippen LogP) is 5.31. The van der Waals surface area contributed by atoms with Crippen molar-refractivity contribution in [2.24, 2.45) is 0 Å². The van der Waals surface area contributed by atoms with Gasteiger partial charge in [0.25, 0.3) is 8.32 Å². The van der Waals surface area contributed by atoms with Gasteiger partial charge in [-0.2, -0.15) is 0 Å². The van der Waals surface area contributed by atoms with E-state index in [2.05, 4.69) is 116 Å². The third kappa shape index (κ3) is 9.07. The molecule has 0 fully saturated rings. The van der Waals surface area contributed by atoms with Gasteiger partial charge in [-0.15, -0.1) is 0 Å². The molecule has 194 valence electrons. The van der Waals surface area contributed by atoms with Gasteiger partial charge in [-0.05, 0) is 21.8 Å². The molecule has 0 amide bonds. The molecule has 0 aromatic heterocycles. The lowest BCUT2D eigenvalue weighted by Gasteiger charge is -2.43. The molecule has 0 N–H and O–H groups in total. The lowest BCUT2D eigenvalue weighted by Crippen LogP contribution is -2.66. The van der Waals surface area contributed by atoms with Crippen molar-refractivity contribution in [2.75, 3.05) is 38.8 Å². The van der Waals surface area contributed by atoms with Crippen molar-refractivity contribution >= 4 is 41.3 Å². The van der Waals surface area contributed by atoms with Crippen LogP contribution in [0.4, 0.5) is 0 Å². The number of ether oxygens (including phenoxy) is 4. The van der Waals surface area contributed by atoms with Gasteiger partial charge in [-0.3, -0.25) is 0 Å². The van der Waals surface area contributed by atoms with Crippen LogP contribution in [0, 0.1) is 0 Å². The van der Waals surface area contributed by atoms with Crippen LogP contribution in [0.3, 0.4) is 0 Å². The van der Waals surface area contributed by atoms with E-state index in [9.17, 15) is 0 Å². The van der Waals surface area contributed by atoms with E-state index in [1.807, 2.05) is 0 Å². The smallest absolute Gasteiger partial charge is 0.261 e. The molecule has 0 radical (unpaired) electrons. The number of allylic oxidation sites excluding steroid dienone is 1. The summed E-state index contributed by atoms with van der Waals surface area (Å²) in [6.45, 7) is 7.93. The molecule has 2 aromatic carbocycles. The van der Waals surface area contributed by atoms with E-state index in [0.717, 1.165) is 10.8 Å². The molecule has 0 unspecified atom stereocenters. The summed E-state index contributed by atoms with van der Waals surface area (Å²) in [4.78, 5) is 0. The van der Waals surface area contributed by atoms with Gasteiger partial charge in [-0.1, -0.05) is 116 Å². The van der Waals surface area contributed by atoms with Gasteiger partial charge in [0.1, 0.15) is 13.6 Å². The minimum atomic E-state index is -2.58. The van der Waals surface area contributed by atoms with E-state index in [0.29, 0.717) is 13.0 Å². The SMILES string of the molecule is COCO[C@@H](CCO[Si](c1ccccc1)(c1ccccc1)C(C)(C)C)C[C@H](/C=C\CI)OCOC. The summed E-state index contributed by atoms with van der Waals surface area (Å²) < 4.78 is 30.3. The molecule has 2 aromatic rings. The number of alkyl halides is 1. The number of hydrogen-bond donors (Lipinski definition) is 0. The maximum atomic E-state index is 7.05. The Morgan fingerprint density at radius 2 is 1.40 bits per heavy atom. The Morgan fingerprint density at radius 1 is 0.857 bits per heavy atom. The fourth-order valence-corrected chi connectivity index (χ4v) is 9.23. The Balaban J connectivity index is 2.28. The summed E-state index contributed by atoms with van der Waals surface area (Å²) in [7, 11) is 0.696. The Labute approximate surface area is 226 Å². The van der Waals surface area contributed by atoms with Gasteiger partial charge >= 0.3 is 0 Å². The maximum absolute atomic E-state index is 7.05. The Morgan fingerprint density at radius 3 is 1.89 bits per heavy atom. The molecule has 0 bridgehead atoms. The lowest BCUT2D eigenvalue weighted by molar-refractivity contribution is -0.107. The largest absolute Gasteiger partial charge is 0.407 e. The Bertz CT molecular complexity index is 802. The zero-order chi connectivity index (χ0) is 25.6. The molecule has 2 atom stereocenters. The van der Waals surface area contributed by atoms with Gasteiger partial charge in [0, 0.05) is 31.7 Å². The second-order valence-corrected chi connectivity index (χ2v) is 14.6. The van der Waals surface area contributed by atoms with Gasteiger partial charge in [0.05, 0.1) is 12.2 Å². The normalized spacial score (nSPS) is 14.3. The molecule has 0 aliphatic heterocycles. The minimum Gasteiger partial charge on any atom is -0.407 e. The minimum absolute atomic E-state index is 0.0638. The molecule has 0 spiro atoms. The zero-order valence-corrected chi connectivity index (χ0v) is 24.9. The van der Waals surface area contributed by atoms with Crippen LogP contribution in [-0.2, 0) is 23.4 Å². The highest BCUT2D eigenvalue weighted by Crippen LogP contribution is 2.37. The first-order valence-corrected chi connectivity index (χ1v) is 15.5. The molecular formula is C28H41IO5Si. The van der Waals surface area contributed by atoms with E-state index < -0.39 is 8.32 Å². The predicted molar refractivity (Wildman–Crippen MR) is 154 cm³/mol. The first-order chi connectivity index (χ1) is 16.9. The maximum Gasteiger partial charge on any atom is 0.261 e. The van der Waals surface area contributed by atoms with Crippen LogP contribution in [0.25, 0.3) is 0 Å². The fraction of sp³-hybridized carbons (Fsp3) is 0.500. The molecule has 0 heterocycles. The van der Waals surface area contributed by atoms with Crippen LogP contribution < -0.4 is 10.4 Å². The monoisotopic (exact) mass is 612 g/mol. The average molecular weight is 613 g/mol. The van der Waals surface area contributed by atoms with Gasteiger partial charge in [-0.25, -0.2) is 0 Å². The summed E-state index contributed by atoms with van der Waals surface area (Å²) in [6, 6.07) is 21.4. The van der Waals surface area contributed by atoms with Crippen molar-refractivity contribution in [1.29, 1.82) is 0 Å². The molecule has 5 nitrogen and oxygen atoms in total. The van der Waals surface area contributed by atoms with Crippen molar-refractivity contribution in [3.63, 3.8) is 0 Å². The topological polar surface area (TPSA) is 46.2 Å². The average Bonchev–Trinajstić information content (AvgIpc) is 2.86. The molecule has 0 aliphatic carbocycles. The first-order valence-electron chi connectivity index (χ1n) is 12.1. The van der Waals surface area contributed by atoms with Crippen molar-refractivity contribution in [2.45, 2.75) is 50.9 Å². The van der Waals surface area contributed by atoms with E-state index >= 15 is 0 Å². The molecule has 0 saturated carbocycles. The molecule has 7 heteroatoms. The van der Waals surface area contributed by atoms with Gasteiger partial charge in [0.2, 0.25) is 0 Å². The van der Waals surface area contributed by atoms with E-state index in [1.54, 1.807) is 14.2 Å². The summed E-state index contributed by atoms with van der Waals surface area (Å²) >= 11 is 2.32. The van der Waals surface area contributed by atoms with Crippen molar-refractivity contribution in [1.82, 2.24) is 0 Å². The van der Waals surface area contributed by atoms with E-state index in [1.165, 1.54) is 10.4 Å². The summed E-state index contributed by atoms with van der Waals surface area (Å²) in [5.41, 5.74) is 0. The highest BCUT2D eigenvalue weighted by Gasteiger charge is 2.50. The summed E-state index contributed by atoms with van der Waals surface area (Å²) in [5, 5.41) is 2.49. The zero-order valence-electron chi connectivity index (χ0n) is 21.7. The van der Waals surface area contributed by atoms with Crippen LogP contribution >= 0.6 is 22.6 Å². The number of methoxy groups -OCH3 is 2. The number of rotatable bonds is 16. The van der Waals surface area contributed by atoms with E-state index in [4.69, 9.17) is 23.4 Å². The van der Waals surface area contributed by atoms with Crippen LogP contribution in [0.15, 0.2) is 72.8 Å². The van der Waals surface area contributed by atoms with E-state index in [-0.39, 0.29) is 30.8 Å². The van der Waals surface area contributed by atoms with Crippen LogP contribution in [-0.4, -0.2) is 59.4 Å². The lowest BCUT2D eigenvalue weighted by atomic mass is 10.1. The second kappa shape index (κ2) is 15.9. The third-order valence-electron chi connectivity index (χ3n) is 5.93. The van der Waals surface area contributed by atoms with Crippen molar-refractivity contribution in [3.8, 4) is 0 Å².